The van der Waals surface area contributed by atoms with Crippen LogP contribution in [0.5, 0.6) is 23.3 Å². The molecule has 1 aromatic heterocycles. The van der Waals surface area contributed by atoms with E-state index in [-0.39, 0.29) is 49.2 Å². The first-order chi connectivity index (χ1) is 16.2. The number of nitrogens with zero attached hydrogens (tertiary/aromatic N) is 4. The average Bonchev–Trinajstić information content (AvgIpc) is 3.60. The first kappa shape index (κ1) is 20.5. The van der Waals surface area contributed by atoms with Crippen molar-refractivity contribution in [3.8, 4) is 23.3 Å². The number of urea groups is 1. The summed E-state index contributed by atoms with van der Waals surface area (Å²) >= 11 is 0. The zero-order chi connectivity index (χ0) is 22.2. The fraction of sp³-hybridized carbons (Fsp3) is 0.619. The molecule has 3 aliphatic heterocycles. The smallest absolute Gasteiger partial charge is 0.341 e. The van der Waals surface area contributed by atoms with E-state index >= 15 is 0 Å². The molecule has 2 amide bonds. The molecule has 12 heteroatoms. The molecule has 4 heterocycles. The molecule has 2 saturated heterocycles. The Hall–Kier alpha value is -3.12. The Bertz CT molecular complexity index is 1010. The molecule has 2 N–H and O–H groups in total. The van der Waals surface area contributed by atoms with E-state index in [2.05, 4.69) is 26.2 Å². The molecule has 4 aliphatic rings. The zero-order valence-electron chi connectivity index (χ0n) is 18.0. The molecule has 6 rings (SSSR count). The largest absolute Gasteiger partial charge is 0.454 e. The number of nitrogens with one attached hydrogen (secondary N) is 2. The lowest BCUT2D eigenvalue weighted by molar-refractivity contribution is 0.0613. The highest BCUT2D eigenvalue weighted by molar-refractivity contribution is 5.74. The summed E-state index contributed by atoms with van der Waals surface area (Å²) in [6, 6.07) is 5.04. The van der Waals surface area contributed by atoms with Crippen LogP contribution in [0.25, 0.3) is 0 Å². The molecule has 1 aliphatic carbocycles. The Morgan fingerprint density at radius 1 is 1.03 bits per heavy atom. The number of tetrazole rings is 1. The summed E-state index contributed by atoms with van der Waals surface area (Å²) in [5.41, 5.74) is 0. The van der Waals surface area contributed by atoms with Crippen LogP contribution in [0.1, 0.15) is 38.1 Å². The number of rotatable bonds is 5. The number of carbonyl (C=O) groups is 1. The summed E-state index contributed by atoms with van der Waals surface area (Å²) in [6.45, 7) is 0.898. The van der Waals surface area contributed by atoms with Crippen molar-refractivity contribution >= 4 is 6.03 Å². The minimum Gasteiger partial charge on any atom is -0.454 e. The van der Waals surface area contributed by atoms with E-state index < -0.39 is 0 Å². The fourth-order valence-corrected chi connectivity index (χ4v) is 4.96. The van der Waals surface area contributed by atoms with Crippen molar-refractivity contribution in [1.82, 2.24) is 30.8 Å². The Morgan fingerprint density at radius 3 is 2.79 bits per heavy atom. The van der Waals surface area contributed by atoms with Crippen LogP contribution in [0.4, 0.5) is 4.79 Å². The maximum absolute atomic E-state index is 12.5. The summed E-state index contributed by atoms with van der Waals surface area (Å²) < 4.78 is 30.2. The summed E-state index contributed by atoms with van der Waals surface area (Å²) in [5, 5.41) is 18.0. The summed E-state index contributed by atoms with van der Waals surface area (Å²) in [7, 11) is 0. The first-order valence-electron chi connectivity index (χ1n) is 11.4. The predicted molar refractivity (Wildman–Crippen MR) is 111 cm³/mol. The molecular weight excluding hydrogens is 432 g/mol. The van der Waals surface area contributed by atoms with Crippen LogP contribution in [0, 0.1) is 0 Å². The molecular formula is C21H26N6O6. The van der Waals surface area contributed by atoms with Crippen LogP contribution in [0.15, 0.2) is 18.2 Å². The van der Waals surface area contributed by atoms with Gasteiger partial charge in [-0.2, -0.15) is 4.68 Å². The quantitative estimate of drug-likeness (QED) is 0.685. The normalized spacial score (nSPS) is 28.5. The van der Waals surface area contributed by atoms with Gasteiger partial charge < -0.3 is 34.3 Å². The predicted octanol–water partition coefficient (Wildman–Crippen LogP) is 1.53. The third-order valence-electron chi connectivity index (χ3n) is 6.61. The minimum absolute atomic E-state index is 0.169. The van der Waals surface area contributed by atoms with Crippen LogP contribution in [0.3, 0.4) is 0 Å². The Labute approximate surface area is 189 Å². The van der Waals surface area contributed by atoms with Gasteiger partial charge in [0.25, 0.3) is 0 Å². The molecule has 0 bridgehead atoms. The van der Waals surface area contributed by atoms with Gasteiger partial charge in [0, 0.05) is 12.1 Å². The van der Waals surface area contributed by atoms with Gasteiger partial charge in [-0.3, -0.25) is 0 Å². The standard InChI is InChI=1S/C21H26N6O6/c28-20(22-12-4-2-1-3-5-12)23-14-9-29-19-15(10-30-18(14)19)27-21(24-25-26-27)33-13-6-7-16-17(8-13)32-11-31-16/h6-8,12,14-15,18-19H,1-5,9-11H2,(H2,22,23,28)/t14-,15-,18+,19+/m0/s1. The van der Waals surface area contributed by atoms with Crippen molar-refractivity contribution < 1.29 is 28.5 Å². The number of aromatic nitrogens is 4. The van der Waals surface area contributed by atoms with Gasteiger partial charge in [0.15, 0.2) is 11.5 Å². The second-order valence-corrected chi connectivity index (χ2v) is 8.75. The highest BCUT2D eigenvalue weighted by Gasteiger charge is 2.50. The molecule has 33 heavy (non-hydrogen) atoms. The Balaban J connectivity index is 1.10. The number of amides is 2. The number of hydrogen-bond donors (Lipinski definition) is 2. The van der Waals surface area contributed by atoms with Crippen molar-refractivity contribution in [3.05, 3.63) is 18.2 Å². The van der Waals surface area contributed by atoms with E-state index in [1.54, 1.807) is 22.9 Å². The van der Waals surface area contributed by atoms with Crippen molar-refractivity contribution in [3.63, 3.8) is 0 Å². The first-order valence-corrected chi connectivity index (χ1v) is 11.4. The lowest BCUT2D eigenvalue weighted by Gasteiger charge is -2.24. The highest BCUT2D eigenvalue weighted by Crippen LogP contribution is 2.38. The van der Waals surface area contributed by atoms with E-state index in [1.807, 2.05) is 0 Å². The lowest BCUT2D eigenvalue weighted by atomic mass is 9.96. The highest BCUT2D eigenvalue weighted by atomic mass is 16.7. The summed E-state index contributed by atoms with van der Waals surface area (Å²) in [4.78, 5) is 12.5. The maximum atomic E-state index is 12.5. The van der Waals surface area contributed by atoms with Gasteiger partial charge in [-0.1, -0.05) is 24.4 Å². The zero-order valence-corrected chi connectivity index (χ0v) is 18.0. The van der Waals surface area contributed by atoms with Gasteiger partial charge in [0.05, 0.1) is 19.3 Å². The second kappa shape index (κ2) is 8.67. The molecule has 0 radical (unpaired) electrons. The van der Waals surface area contributed by atoms with Crippen molar-refractivity contribution in [1.29, 1.82) is 0 Å². The topological polar surface area (TPSA) is 131 Å². The summed E-state index contributed by atoms with van der Waals surface area (Å²) in [5.74, 6) is 1.80. The number of benzene rings is 1. The molecule has 3 fully saturated rings. The fourth-order valence-electron chi connectivity index (χ4n) is 4.96. The third kappa shape index (κ3) is 4.04. The van der Waals surface area contributed by atoms with Gasteiger partial charge in [0.2, 0.25) is 6.79 Å². The Kier molecular flexibility index (Phi) is 5.38. The van der Waals surface area contributed by atoms with Crippen molar-refractivity contribution in [2.45, 2.75) is 62.4 Å². The van der Waals surface area contributed by atoms with Gasteiger partial charge in [-0.15, -0.1) is 0 Å². The summed E-state index contributed by atoms with van der Waals surface area (Å²) in [6.07, 6.45) is 5.05. The van der Waals surface area contributed by atoms with E-state index in [1.165, 1.54) is 6.42 Å². The van der Waals surface area contributed by atoms with Gasteiger partial charge in [-0.25, -0.2) is 4.79 Å². The van der Waals surface area contributed by atoms with E-state index in [9.17, 15) is 4.79 Å². The average molecular weight is 458 g/mol. The van der Waals surface area contributed by atoms with Crippen molar-refractivity contribution in [2.24, 2.45) is 0 Å². The molecule has 1 aromatic carbocycles. The van der Waals surface area contributed by atoms with E-state index in [0.717, 1.165) is 25.7 Å². The second-order valence-electron chi connectivity index (χ2n) is 8.75. The van der Waals surface area contributed by atoms with Crippen LogP contribution in [-0.4, -0.2) is 70.5 Å². The SMILES string of the molecule is O=C(NC1CCCCC1)N[C@H]1CO[C@H]2[C@@H]1OC[C@@H]2n1nnnc1Oc1ccc2c(c1)OCO2. The molecule has 176 valence electrons. The van der Waals surface area contributed by atoms with Gasteiger partial charge >= 0.3 is 12.0 Å². The molecule has 0 unspecified atom stereocenters. The molecule has 0 spiro atoms. The Morgan fingerprint density at radius 2 is 1.88 bits per heavy atom. The number of hydrogen-bond acceptors (Lipinski definition) is 9. The van der Waals surface area contributed by atoms with E-state index in [4.69, 9.17) is 23.7 Å². The van der Waals surface area contributed by atoms with E-state index in [0.29, 0.717) is 30.5 Å². The minimum atomic E-state index is -0.299. The van der Waals surface area contributed by atoms with Crippen LogP contribution >= 0.6 is 0 Å². The number of ether oxygens (including phenoxy) is 5. The van der Waals surface area contributed by atoms with Crippen LogP contribution in [0.2, 0.25) is 0 Å². The van der Waals surface area contributed by atoms with Gasteiger partial charge in [0.1, 0.15) is 24.0 Å². The van der Waals surface area contributed by atoms with Crippen molar-refractivity contribution in [2.75, 3.05) is 20.0 Å². The molecule has 2 aromatic rings. The third-order valence-corrected chi connectivity index (χ3v) is 6.61. The maximum Gasteiger partial charge on any atom is 0.341 e. The lowest BCUT2D eigenvalue weighted by Crippen LogP contribution is -2.50. The molecule has 12 nitrogen and oxygen atoms in total. The number of fused-ring (bicyclic) bond motifs is 2. The number of carbonyl (C=O) groups excluding carboxylic acids is 1. The molecule has 1 saturated carbocycles. The van der Waals surface area contributed by atoms with Crippen LogP contribution < -0.4 is 24.8 Å². The van der Waals surface area contributed by atoms with Gasteiger partial charge in [-0.05, 0) is 35.4 Å². The molecule has 4 atom stereocenters. The monoisotopic (exact) mass is 458 g/mol. The van der Waals surface area contributed by atoms with Crippen LogP contribution in [-0.2, 0) is 9.47 Å².